The molecule has 36 heavy (non-hydrogen) atoms. The first-order valence-electron chi connectivity index (χ1n) is 12.6. The lowest BCUT2D eigenvalue weighted by Gasteiger charge is -2.47. The summed E-state index contributed by atoms with van der Waals surface area (Å²) < 4.78 is 20.0. The van der Waals surface area contributed by atoms with E-state index in [0.29, 0.717) is 42.5 Å². The first kappa shape index (κ1) is 24.6. The molecule has 5 rings (SSSR count). The van der Waals surface area contributed by atoms with Crippen molar-refractivity contribution in [2.75, 3.05) is 41.9 Å². The molecular formula is C27H35FN6O2. The number of benzene rings is 1. The lowest BCUT2D eigenvalue weighted by Crippen LogP contribution is -2.59. The number of ether oxygens (including phenoxy) is 1. The maximum absolute atomic E-state index is 14.4. The van der Waals surface area contributed by atoms with E-state index >= 15 is 0 Å². The fourth-order valence-electron chi connectivity index (χ4n) is 5.12. The van der Waals surface area contributed by atoms with Crippen LogP contribution in [0.25, 0.3) is 10.8 Å². The van der Waals surface area contributed by atoms with Crippen LogP contribution in [0.5, 0.6) is 0 Å². The topological polar surface area (TPSA) is 86.6 Å². The summed E-state index contributed by atoms with van der Waals surface area (Å²) in [6, 6.07) is 8.56. The van der Waals surface area contributed by atoms with Crippen molar-refractivity contribution in [3.63, 3.8) is 0 Å². The van der Waals surface area contributed by atoms with E-state index < -0.39 is 11.8 Å². The van der Waals surface area contributed by atoms with E-state index in [-0.39, 0.29) is 12.6 Å². The van der Waals surface area contributed by atoms with Gasteiger partial charge < -0.3 is 25.0 Å². The number of pyridine rings is 1. The quantitative estimate of drug-likeness (QED) is 0.521. The van der Waals surface area contributed by atoms with Crippen LogP contribution in [0.1, 0.15) is 45.6 Å². The number of rotatable bonds is 6. The van der Waals surface area contributed by atoms with Crippen LogP contribution in [-0.2, 0) is 4.74 Å². The third-order valence-electron chi connectivity index (χ3n) is 7.68. The molecule has 0 amide bonds. The van der Waals surface area contributed by atoms with Crippen molar-refractivity contribution in [2.45, 2.75) is 64.0 Å². The fraction of sp³-hybridized carbons (Fsp3) is 0.519. The van der Waals surface area contributed by atoms with E-state index in [4.69, 9.17) is 9.72 Å². The average molecular weight is 495 g/mol. The SMILES string of the molecule is CO[C@H]1CN(c2ccc(C(C)C)c3cc(Nc4ccnc(N5CC[C@@](C)(O)[C@@H](F)C5)n4)ncc23)[C@@H]1C. The highest BCUT2D eigenvalue weighted by Crippen LogP contribution is 2.38. The summed E-state index contributed by atoms with van der Waals surface area (Å²) >= 11 is 0. The summed E-state index contributed by atoms with van der Waals surface area (Å²) in [7, 11) is 1.77. The number of nitrogens with one attached hydrogen (secondary N) is 1. The predicted molar refractivity (Wildman–Crippen MR) is 141 cm³/mol. The summed E-state index contributed by atoms with van der Waals surface area (Å²) in [4.78, 5) is 17.8. The number of halogens is 1. The van der Waals surface area contributed by atoms with Crippen LogP contribution in [0.2, 0.25) is 0 Å². The Labute approximate surface area is 211 Å². The molecule has 4 heterocycles. The lowest BCUT2D eigenvalue weighted by molar-refractivity contribution is -0.0332. The summed E-state index contributed by atoms with van der Waals surface area (Å²) in [5.74, 6) is 2.06. The third-order valence-corrected chi connectivity index (χ3v) is 7.68. The third kappa shape index (κ3) is 4.46. The van der Waals surface area contributed by atoms with Gasteiger partial charge in [-0.25, -0.2) is 14.4 Å². The van der Waals surface area contributed by atoms with Gasteiger partial charge in [-0.3, -0.25) is 0 Å². The van der Waals surface area contributed by atoms with Crippen molar-refractivity contribution in [3.05, 3.63) is 42.2 Å². The minimum Gasteiger partial charge on any atom is -0.387 e. The van der Waals surface area contributed by atoms with E-state index in [1.807, 2.05) is 6.20 Å². The van der Waals surface area contributed by atoms with Crippen molar-refractivity contribution < 1.29 is 14.2 Å². The summed E-state index contributed by atoms with van der Waals surface area (Å²) in [6.45, 7) is 9.52. The van der Waals surface area contributed by atoms with Crippen LogP contribution in [0.4, 0.5) is 27.7 Å². The first-order valence-corrected chi connectivity index (χ1v) is 12.6. The minimum atomic E-state index is -1.36. The number of aliphatic hydroxyl groups is 1. The summed E-state index contributed by atoms with van der Waals surface area (Å²) in [5, 5.41) is 15.7. The molecule has 0 radical (unpaired) electrons. The van der Waals surface area contributed by atoms with E-state index in [2.05, 4.69) is 59.2 Å². The molecule has 2 N–H and O–H groups in total. The molecule has 0 aliphatic carbocycles. The van der Waals surface area contributed by atoms with Gasteiger partial charge in [0.1, 0.15) is 17.8 Å². The number of aromatic nitrogens is 3. The predicted octanol–water partition coefficient (Wildman–Crippen LogP) is 4.41. The normalized spacial score (nSPS) is 26.4. The minimum absolute atomic E-state index is 0.0596. The number of anilines is 4. The number of piperidine rings is 1. The van der Waals surface area contributed by atoms with Crippen molar-refractivity contribution in [2.24, 2.45) is 0 Å². The second-order valence-corrected chi connectivity index (χ2v) is 10.5. The highest BCUT2D eigenvalue weighted by molar-refractivity contribution is 5.98. The zero-order valence-corrected chi connectivity index (χ0v) is 21.6. The van der Waals surface area contributed by atoms with Crippen molar-refractivity contribution in [3.8, 4) is 0 Å². The molecule has 0 spiro atoms. The van der Waals surface area contributed by atoms with Gasteiger partial charge in [0.15, 0.2) is 0 Å². The maximum atomic E-state index is 14.4. The second-order valence-electron chi connectivity index (χ2n) is 10.5. The van der Waals surface area contributed by atoms with Gasteiger partial charge in [0, 0.05) is 43.7 Å². The molecule has 9 heteroatoms. The number of nitrogens with zero attached hydrogens (tertiary/aromatic N) is 5. The molecule has 0 bridgehead atoms. The number of alkyl halides is 1. The van der Waals surface area contributed by atoms with Gasteiger partial charge in [-0.05, 0) is 55.3 Å². The highest BCUT2D eigenvalue weighted by Gasteiger charge is 2.39. The van der Waals surface area contributed by atoms with Crippen molar-refractivity contribution in [1.82, 2.24) is 15.0 Å². The Hall–Kier alpha value is -3.04. The Bertz CT molecular complexity index is 1250. The Balaban J connectivity index is 1.42. The highest BCUT2D eigenvalue weighted by atomic mass is 19.1. The number of hydrogen-bond acceptors (Lipinski definition) is 8. The standard InChI is InChI=1S/C27H35FN6O2/c1-16(2)18-6-7-21(34-14-22(36-5)17(34)3)20-13-30-25(12-19(18)20)31-24-8-10-29-26(32-24)33-11-9-27(4,35)23(28)15-33/h6-8,10,12-13,16-17,22-23,35H,9,11,14-15H2,1-5H3,(H,29,30,31,32)/t17-,22+,23+,27-/m1/s1. The molecule has 2 aromatic heterocycles. The molecule has 1 aromatic carbocycles. The van der Waals surface area contributed by atoms with Crippen LogP contribution < -0.4 is 15.1 Å². The van der Waals surface area contributed by atoms with Gasteiger partial charge in [0.2, 0.25) is 5.95 Å². The Morgan fingerprint density at radius 1 is 1.17 bits per heavy atom. The van der Waals surface area contributed by atoms with Crippen LogP contribution >= 0.6 is 0 Å². The van der Waals surface area contributed by atoms with E-state index in [0.717, 1.165) is 17.3 Å². The average Bonchev–Trinajstić information content (AvgIpc) is 2.85. The molecule has 0 saturated carbocycles. The molecule has 192 valence electrons. The zero-order chi connectivity index (χ0) is 25.6. The second kappa shape index (κ2) is 9.44. The van der Waals surface area contributed by atoms with E-state index in [1.165, 1.54) is 18.2 Å². The molecule has 8 nitrogen and oxygen atoms in total. The fourth-order valence-corrected chi connectivity index (χ4v) is 5.12. The van der Waals surface area contributed by atoms with Gasteiger partial charge in [0.05, 0.1) is 24.3 Å². The van der Waals surface area contributed by atoms with Gasteiger partial charge >= 0.3 is 0 Å². The molecule has 2 aliphatic heterocycles. The molecule has 3 aromatic rings. The van der Waals surface area contributed by atoms with Gasteiger partial charge in [-0.2, -0.15) is 4.98 Å². The summed E-state index contributed by atoms with van der Waals surface area (Å²) in [5.41, 5.74) is 1.11. The Morgan fingerprint density at radius 3 is 2.67 bits per heavy atom. The van der Waals surface area contributed by atoms with Crippen molar-refractivity contribution in [1.29, 1.82) is 0 Å². The monoisotopic (exact) mass is 494 g/mol. The largest absolute Gasteiger partial charge is 0.387 e. The summed E-state index contributed by atoms with van der Waals surface area (Å²) in [6.07, 6.45) is 2.78. The molecule has 4 atom stereocenters. The lowest BCUT2D eigenvalue weighted by atomic mass is 9.92. The Kier molecular flexibility index (Phi) is 6.46. The van der Waals surface area contributed by atoms with Crippen LogP contribution in [0.3, 0.4) is 0 Å². The number of fused-ring (bicyclic) bond motifs is 1. The number of hydrogen-bond donors (Lipinski definition) is 2. The van der Waals surface area contributed by atoms with E-state index in [1.54, 1.807) is 24.3 Å². The zero-order valence-electron chi connectivity index (χ0n) is 21.6. The molecule has 0 unspecified atom stereocenters. The van der Waals surface area contributed by atoms with E-state index in [9.17, 15) is 9.50 Å². The first-order chi connectivity index (χ1) is 17.2. The van der Waals surface area contributed by atoms with Gasteiger partial charge in [-0.15, -0.1) is 0 Å². The smallest absolute Gasteiger partial charge is 0.227 e. The molecule has 2 saturated heterocycles. The molecule has 2 aliphatic rings. The molecular weight excluding hydrogens is 459 g/mol. The maximum Gasteiger partial charge on any atom is 0.227 e. The number of methoxy groups -OCH3 is 1. The van der Waals surface area contributed by atoms with Gasteiger partial charge in [0.25, 0.3) is 0 Å². The van der Waals surface area contributed by atoms with Crippen molar-refractivity contribution >= 4 is 34.0 Å². The van der Waals surface area contributed by atoms with Crippen LogP contribution in [0, 0.1) is 0 Å². The van der Waals surface area contributed by atoms with Crippen LogP contribution in [-0.4, -0.2) is 70.7 Å². The Morgan fingerprint density at radius 2 is 1.97 bits per heavy atom. The van der Waals surface area contributed by atoms with Crippen LogP contribution in [0.15, 0.2) is 36.7 Å². The molecule has 2 fully saturated rings. The van der Waals surface area contributed by atoms with Gasteiger partial charge in [-0.1, -0.05) is 19.9 Å².